The van der Waals surface area contributed by atoms with Gasteiger partial charge >= 0.3 is 0 Å². The van der Waals surface area contributed by atoms with Gasteiger partial charge in [0.25, 0.3) is 0 Å². The Morgan fingerprint density at radius 1 is 1.04 bits per heavy atom. The average Bonchev–Trinajstić information content (AvgIpc) is 3.21. The second-order valence-electron chi connectivity index (χ2n) is 8.12. The summed E-state index contributed by atoms with van der Waals surface area (Å²) in [6.45, 7) is 6.21. The molecular weight excluding hydrogens is 324 g/mol. The molecule has 1 amide bonds. The van der Waals surface area contributed by atoms with Crippen LogP contribution in [0.3, 0.4) is 0 Å². The van der Waals surface area contributed by atoms with Crippen molar-refractivity contribution in [2.75, 3.05) is 32.7 Å². The van der Waals surface area contributed by atoms with Crippen molar-refractivity contribution in [2.45, 2.75) is 51.1 Å². The maximum Gasteiger partial charge on any atom is 0.222 e. The fraction of sp³-hybridized carbons (Fsp3) is 0.667. The monoisotopic (exact) mass is 356 g/mol. The standard InChI is InChI=1S/C21H32N4O/c26-21(7-3-4-17-14-22-23-15-17)24-12-9-20(10-13-24)25-11-8-18-5-1-2-6-19(18)16-25/h1-2,5-6,17,20,22-23H,3-4,7-16H2. The summed E-state index contributed by atoms with van der Waals surface area (Å²) in [5.41, 5.74) is 9.34. The number of rotatable bonds is 5. The van der Waals surface area contributed by atoms with Crippen molar-refractivity contribution < 1.29 is 4.79 Å². The number of nitrogens with zero attached hydrogens (tertiary/aromatic N) is 2. The Morgan fingerprint density at radius 2 is 1.77 bits per heavy atom. The highest BCUT2D eigenvalue weighted by atomic mass is 16.2. The van der Waals surface area contributed by atoms with Crippen LogP contribution in [0.4, 0.5) is 0 Å². The van der Waals surface area contributed by atoms with E-state index < -0.39 is 0 Å². The van der Waals surface area contributed by atoms with E-state index in [1.807, 2.05) is 0 Å². The lowest BCUT2D eigenvalue weighted by Gasteiger charge is -2.40. The van der Waals surface area contributed by atoms with Gasteiger partial charge in [-0.1, -0.05) is 24.3 Å². The largest absolute Gasteiger partial charge is 0.343 e. The molecule has 2 saturated heterocycles. The zero-order chi connectivity index (χ0) is 17.8. The second-order valence-corrected chi connectivity index (χ2v) is 8.12. The smallest absolute Gasteiger partial charge is 0.222 e. The lowest BCUT2D eigenvalue weighted by Crippen LogP contribution is -2.48. The van der Waals surface area contributed by atoms with E-state index in [0.29, 0.717) is 17.9 Å². The molecule has 4 rings (SSSR count). The van der Waals surface area contributed by atoms with Gasteiger partial charge in [-0.2, -0.15) is 0 Å². The number of carbonyl (C=O) groups excluding carboxylic acids is 1. The van der Waals surface area contributed by atoms with E-state index in [-0.39, 0.29) is 0 Å². The van der Waals surface area contributed by atoms with Crippen molar-refractivity contribution in [1.29, 1.82) is 0 Å². The molecule has 1 aromatic carbocycles. The van der Waals surface area contributed by atoms with Crippen molar-refractivity contribution in [2.24, 2.45) is 5.92 Å². The zero-order valence-electron chi connectivity index (χ0n) is 15.8. The van der Waals surface area contributed by atoms with E-state index >= 15 is 0 Å². The number of hydrazine groups is 1. The SMILES string of the molecule is O=C(CCCC1CNNC1)N1CCC(N2CCc3ccccc3C2)CC1. The van der Waals surface area contributed by atoms with Crippen LogP contribution in [-0.2, 0) is 17.8 Å². The molecule has 3 heterocycles. The lowest BCUT2D eigenvalue weighted by atomic mass is 9.95. The summed E-state index contributed by atoms with van der Waals surface area (Å²) in [7, 11) is 0. The van der Waals surface area contributed by atoms with E-state index in [4.69, 9.17) is 0 Å². The van der Waals surface area contributed by atoms with Gasteiger partial charge in [-0.3, -0.25) is 20.5 Å². The second kappa shape index (κ2) is 8.51. The fourth-order valence-corrected chi connectivity index (χ4v) is 4.72. The van der Waals surface area contributed by atoms with Crippen molar-refractivity contribution in [3.05, 3.63) is 35.4 Å². The van der Waals surface area contributed by atoms with E-state index in [1.165, 1.54) is 24.1 Å². The molecule has 0 bridgehead atoms. The predicted molar refractivity (Wildman–Crippen MR) is 104 cm³/mol. The van der Waals surface area contributed by atoms with Crippen LogP contribution in [0.5, 0.6) is 0 Å². The number of amides is 1. The summed E-state index contributed by atoms with van der Waals surface area (Å²) in [6, 6.07) is 9.49. The number of nitrogens with one attached hydrogen (secondary N) is 2. The molecule has 1 aromatic rings. The number of benzene rings is 1. The molecule has 142 valence electrons. The van der Waals surface area contributed by atoms with Gasteiger partial charge in [0.1, 0.15) is 0 Å². The van der Waals surface area contributed by atoms with Gasteiger partial charge in [0.2, 0.25) is 5.91 Å². The normalized spacial score (nSPS) is 22.5. The predicted octanol–water partition coefficient (Wildman–Crippen LogP) is 1.93. The number of carbonyl (C=O) groups is 1. The van der Waals surface area contributed by atoms with E-state index in [0.717, 1.165) is 64.8 Å². The molecule has 3 aliphatic heterocycles. The molecule has 2 N–H and O–H groups in total. The highest BCUT2D eigenvalue weighted by Crippen LogP contribution is 2.25. The maximum absolute atomic E-state index is 12.5. The van der Waals surface area contributed by atoms with Gasteiger partial charge in [0, 0.05) is 51.7 Å². The van der Waals surface area contributed by atoms with Crippen LogP contribution in [0.25, 0.3) is 0 Å². The quantitative estimate of drug-likeness (QED) is 0.846. The molecule has 0 aliphatic carbocycles. The Balaban J connectivity index is 1.20. The molecule has 5 heteroatoms. The molecule has 0 radical (unpaired) electrons. The van der Waals surface area contributed by atoms with Crippen molar-refractivity contribution >= 4 is 5.91 Å². The van der Waals surface area contributed by atoms with Crippen LogP contribution in [-0.4, -0.2) is 54.5 Å². The Hall–Kier alpha value is -1.43. The topological polar surface area (TPSA) is 47.6 Å². The summed E-state index contributed by atoms with van der Waals surface area (Å²) in [5, 5.41) is 0. The summed E-state index contributed by atoms with van der Waals surface area (Å²) in [4.78, 5) is 17.3. The summed E-state index contributed by atoms with van der Waals surface area (Å²) >= 11 is 0. The molecule has 2 fully saturated rings. The first-order valence-electron chi connectivity index (χ1n) is 10.3. The first-order valence-corrected chi connectivity index (χ1v) is 10.3. The Morgan fingerprint density at radius 3 is 2.54 bits per heavy atom. The van der Waals surface area contributed by atoms with E-state index in [1.54, 1.807) is 0 Å². The first-order chi connectivity index (χ1) is 12.8. The zero-order valence-corrected chi connectivity index (χ0v) is 15.8. The Bertz CT molecular complexity index is 606. The Kier molecular flexibility index (Phi) is 5.88. The van der Waals surface area contributed by atoms with Crippen LogP contribution in [0.2, 0.25) is 0 Å². The Labute approximate surface area is 157 Å². The molecule has 0 atom stereocenters. The summed E-state index contributed by atoms with van der Waals surface area (Å²) in [6.07, 6.45) is 6.32. The summed E-state index contributed by atoms with van der Waals surface area (Å²) in [5.74, 6) is 1.06. The molecule has 0 spiro atoms. The molecular formula is C21H32N4O. The molecule has 0 aromatic heterocycles. The van der Waals surface area contributed by atoms with Gasteiger partial charge in [-0.15, -0.1) is 0 Å². The van der Waals surface area contributed by atoms with Crippen LogP contribution in [0.15, 0.2) is 24.3 Å². The third-order valence-corrected chi connectivity index (χ3v) is 6.40. The van der Waals surface area contributed by atoms with Gasteiger partial charge < -0.3 is 4.90 Å². The van der Waals surface area contributed by atoms with Crippen LogP contribution in [0, 0.1) is 5.92 Å². The molecule has 0 unspecified atom stereocenters. The van der Waals surface area contributed by atoms with Crippen molar-refractivity contribution in [1.82, 2.24) is 20.7 Å². The highest BCUT2D eigenvalue weighted by Gasteiger charge is 2.28. The lowest BCUT2D eigenvalue weighted by molar-refractivity contribution is -0.133. The van der Waals surface area contributed by atoms with Crippen molar-refractivity contribution in [3.8, 4) is 0 Å². The molecule has 3 aliphatic rings. The maximum atomic E-state index is 12.5. The van der Waals surface area contributed by atoms with Crippen molar-refractivity contribution in [3.63, 3.8) is 0 Å². The molecule has 26 heavy (non-hydrogen) atoms. The fourth-order valence-electron chi connectivity index (χ4n) is 4.72. The number of fused-ring (bicyclic) bond motifs is 1. The van der Waals surface area contributed by atoms with Gasteiger partial charge in [0.15, 0.2) is 0 Å². The highest BCUT2D eigenvalue weighted by molar-refractivity contribution is 5.76. The number of piperidine rings is 1. The van der Waals surface area contributed by atoms with Crippen LogP contribution < -0.4 is 10.9 Å². The first kappa shape index (κ1) is 18.0. The van der Waals surface area contributed by atoms with E-state index in [2.05, 4.69) is 44.9 Å². The van der Waals surface area contributed by atoms with Crippen LogP contribution >= 0.6 is 0 Å². The average molecular weight is 357 g/mol. The van der Waals surface area contributed by atoms with Crippen LogP contribution in [0.1, 0.15) is 43.2 Å². The number of likely N-dealkylation sites (tertiary alicyclic amines) is 1. The summed E-state index contributed by atoms with van der Waals surface area (Å²) < 4.78 is 0. The number of hydrogen-bond acceptors (Lipinski definition) is 4. The minimum absolute atomic E-state index is 0.367. The minimum atomic E-state index is 0.367. The molecule has 0 saturated carbocycles. The number of hydrogen-bond donors (Lipinski definition) is 2. The third-order valence-electron chi connectivity index (χ3n) is 6.40. The van der Waals surface area contributed by atoms with Gasteiger partial charge in [-0.25, -0.2) is 0 Å². The minimum Gasteiger partial charge on any atom is -0.343 e. The van der Waals surface area contributed by atoms with E-state index in [9.17, 15) is 4.79 Å². The van der Waals surface area contributed by atoms with Gasteiger partial charge in [0.05, 0.1) is 0 Å². The van der Waals surface area contributed by atoms with Gasteiger partial charge in [-0.05, 0) is 49.1 Å². The molecule has 5 nitrogen and oxygen atoms in total. The third kappa shape index (κ3) is 4.27.